The fraction of sp³-hybridized carbons (Fsp3) is 0.500. The first kappa shape index (κ1) is 14.3. The lowest BCUT2D eigenvalue weighted by Gasteiger charge is -2.13. The molecule has 2 rings (SSSR count). The van der Waals surface area contributed by atoms with Crippen LogP contribution in [-0.4, -0.2) is 28.1 Å². The maximum absolute atomic E-state index is 11.8. The smallest absolute Gasteiger partial charge is 0.307 e. The molecule has 0 bridgehead atoms. The number of carboxylic acid groups (broad SMARTS) is 1. The Morgan fingerprint density at radius 3 is 2.85 bits per heavy atom. The van der Waals surface area contributed by atoms with Crippen LogP contribution in [0.3, 0.4) is 0 Å². The highest BCUT2D eigenvalue weighted by Crippen LogP contribution is 2.38. The molecule has 6 nitrogen and oxygen atoms in total. The van der Waals surface area contributed by atoms with Crippen LogP contribution in [0.1, 0.15) is 25.8 Å². The van der Waals surface area contributed by atoms with E-state index in [1.165, 1.54) is 0 Å². The minimum Gasteiger partial charge on any atom is -0.481 e. The van der Waals surface area contributed by atoms with Gasteiger partial charge in [0.15, 0.2) is 0 Å². The molecule has 2 unspecified atom stereocenters. The van der Waals surface area contributed by atoms with E-state index in [1.54, 1.807) is 12.3 Å². The third-order valence-electron chi connectivity index (χ3n) is 3.09. The number of rotatable bonds is 6. The number of carbonyl (C=O) groups is 2. The van der Waals surface area contributed by atoms with Crippen LogP contribution in [0, 0.1) is 11.8 Å². The molecule has 0 saturated heterocycles. The summed E-state index contributed by atoms with van der Waals surface area (Å²) in [6.45, 7) is 4.09. The number of aliphatic carboxylic acids is 1. The molecule has 1 fully saturated rings. The first-order valence-corrected chi connectivity index (χ1v) is 6.60. The predicted molar refractivity (Wildman–Crippen MR) is 71.1 cm³/mol. The average molecular weight is 278 g/mol. The normalized spacial score (nSPS) is 20.6. The lowest BCUT2D eigenvalue weighted by molar-refractivity contribution is -0.140. The molecule has 1 aromatic rings. The Morgan fingerprint density at radius 1 is 1.50 bits per heavy atom. The van der Waals surface area contributed by atoms with Gasteiger partial charge in [0.1, 0.15) is 0 Å². The predicted octanol–water partition coefficient (Wildman–Crippen LogP) is 1.21. The van der Waals surface area contributed by atoms with Crippen LogP contribution in [0.2, 0.25) is 0 Å². The standard InChI is InChI=1S/C14H18N2O4/c1-8(2)20-13-9(4-3-5-15-13)7-16-12(17)10-6-11(10)14(18)19/h3-5,8,10-11H,6-7H2,1-2H3,(H,16,17)(H,18,19). The van der Waals surface area contributed by atoms with Gasteiger partial charge in [0.2, 0.25) is 11.8 Å². The summed E-state index contributed by atoms with van der Waals surface area (Å²) < 4.78 is 5.56. The minimum atomic E-state index is -0.907. The molecule has 20 heavy (non-hydrogen) atoms. The molecule has 108 valence electrons. The van der Waals surface area contributed by atoms with Crippen molar-refractivity contribution in [3.05, 3.63) is 23.9 Å². The van der Waals surface area contributed by atoms with Gasteiger partial charge >= 0.3 is 5.97 Å². The molecule has 1 saturated carbocycles. The Hall–Kier alpha value is -2.11. The van der Waals surface area contributed by atoms with Gasteiger partial charge in [0.25, 0.3) is 0 Å². The molecule has 0 aliphatic heterocycles. The van der Waals surface area contributed by atoms with E-state index in [0.717, 1.165) is 5.56 Å². The Bertz CT molecular complexity index is 516. The van der Waals surface area contributed by atoms with E-state index in [-0.39, 0.29) is 18.6 Å². The quantitative estimate of drug-likeness (QED) is 0.816. The molecule has 1 amide bonds. The topological polar surface area (TPSA) is 88.5 Å². The van der Waals surface area contributed by atoms with Gasteiger partial charge in [-0.05, 0) is 26.3 Å². The second-order valence-corrected chi connectivity index (χ2v) is 5.14. The SMILES string of the molecule is CC(C)Oc1ncccc1CNC(=O)C1CC1C(=O)O. The van der Waals surface area contributed by atoms with Crippen LogP contribution >= 0.6 is 0 Å². The van der Waals surface area contributed by atoms with Crippen molar-refractivity contribution in [2.45, 2.75) is 32.9 Å². The second-order valence-electron chi connectivity index (χ2n) is 5.14. The lowest BCUT2D eigenvalue weighted by Crippen LogP contribution is -2.26. The van der Waals surface area contributed by atoms with Crippen molar-refractivity contribution in [1.29, 1.82) is 0 Å². The maximum Gasteiger partial charge on any atom is 0.307 e. The number of carboxylic acids is 1. The van der Waals surface area contributed by atoms with Crippen molar-refractivity contribution in [3.63, 3.8) is 0 Å². The molecule has 6 heteroatoms. The van der Waals surface area contributed by atoms with E-state index in [0.29, 0.717) is 12.3 Å². The van der Waals surface area contributed by atoms with E-state index < -0.39 is 17.8 Å². The zero-order chi connectivity index (χ0) is 14.7. The van der Waals surface area contributed by atoms with E-state index in [1.807, 2.05) is 19.9 Å². The first-order valence-electron chi connectivity index (χ1n) is 6.60. The van der Waals surface area contributed by atoms with Crippen LogP contribution in [-0.2, 0) is 16.1 Å². The maximum atomic E-state index is 11.8. The Balaban J connectivity index is 1.91. The zero-order valence-electron chi connectivity index (χ0n) is 11.5. The van der Waals surface area contributed by atoms with E-state index in [9.17, 15) is 9.59 Å². The highest BCUT2D eigenvalue weighted by atomic mass is 16.5. The zero-order valence-corrected chi connectivity index (χ0v) is 11.5. The number of hydrogen-bond acceptors (Lipinski definition) is 4. The van der Waals surface area contributed by atoms with Gasteiger partial charge in [-0.15, -0.1) is 0 Å². The summed E-state index contributed by atoms with van der Waals surface area (Å²) in [6.07, 6.45) is 2.05. The number of amides is 1. The third-order valence-corrected chi connectivity index (χ3v) is 3.09. The number of hydrogen-bond donors (Lipinski definition) is 2. The van der Waals surface area contributed by atoms with Crippen LogP contribution < -0.4 is 10.1 Å². The van der Waals surface area contributed by atoms with Gasteiger partial charge in [-0.25, -0.2) is 4.98 Å². The van der Waals surface area contributed by atoms with Crippen molar-refractivity contribution in [2.75, 3.05) is 0 Å². The molecule has 2 atom stereocenters. The average Bonchev–Trinajstić information content (AvgIpc) is 3.17. The summed E-state index contributed by atoms with van der Waals surface area (Å²) in [6, 6.07) is 3.60. The molecule has 1 aromatic heterocycles. The highest BCUT2D eigenvalue weighted by molar-refractivity contribution is 5.89. The molecule has 1 heterocycles. The van der Waals surface area contributed by atoms with Gasteiger partial charge in [-0.2, -0.15) is 0 Å². The number of pyridine rings is 1. The van der Waals surface area contributed by atoms with Crippen LogP contribution in [0.5, 0.6) is 5.88 Å². The second kappa shape index (κ2) is 5.90. The van der Waals surface area contributed by atoms with Crippen LogP contribution in [0.25, 0.3) is 0 Å². The fourth-order valence-electron chi connectivity index (χ4n) is 1.96. The fourth-order valence-corrected chi connectivity index (χ4v) is 1.96. The molecule has 0 aromatic carbocycles. The van der Waals surface area contributed by atoms with Crippen molar-refractivity contribution in [1.82, 2.24) is 10.3 Å². The van der Waals surface area contributed by atoms with Crippen LogP contribution in [0.4, 0.5) is 0 Å². The van der Waals surface area contributed by atoms with E-state index >= 15 is 0 Å². The number of carbonyl (C=O) groups excluding carboxylic acids is 1. The lowest BCUT2D eigenvalue weighted by atomic mass is 10.2. The third kappa shape index (κ3) is 3.46. The molecular weight excluding hydrogens is 260 g/mol. The molecule has 1 aliphatic carbocycles. The minimum absolute atomic E-state index is 0.000764. The molecule has 1 aliphatic rings. The Morgan fingerprint density at radius 2 is 2.25 bits per heavy atom. The van der Waals surface area contributed by atoms with Gasteiger partial charge in [-0.1, -0.05) is 6.07 Å². The number of ether oxygens (including phenoxy) is 1. The summed E-state index contributed by atoms with van der Waals surface area (Å²) in [5.74, 6) is -1.57. The van der Waals surface area contributed by atoms with Crippen molar-refractivity contribution < 1.29 is 19.4 Å². The first-order chi connectivity index (χ1) is 9.49. The van der Waals surface area contributed by atoms with Crippen LogP contribution in [0.15, 0.2) is 18.3 Å². The molecule has 0 spiro atoms. The number of nitrogens with zero attached hydrogens (tertiary/aromatic N) is 1. The Labute approximate surface area is 117 Å². The summed E-state index contributed by atoms with van der Waals surface area (Å²) in [7, 11) is 0. The Kier molecular flexibility index (Phi) is 4.22. The molecule has 0 radical (unpaired) electrons. The summed E-state index contributed by atoms with van der Waals surface area (Å²) >= 11 is 0. The highest BCUT2D eigenvalue weighted by Gasteiger charge is 2.48. The summed E-state index contributed by atoms with van der Waals surface area (Å²) in [4.78, 5) is 26.6. The number of aromatic nitrogens is 1. The van der Waals surface area contributed by atoms with Gasteiger partial charge < -0.3 is 15.2 Å². The van der Waals surface area contributed by atoms with Crippen molar-refractivity contribution >= 4 is 11.9 Å². The summed E-state index contributed by atoms with van der Waals surface area (Å²) in [5, 5.41) is 11.5. The van der Waals surface area contributed by atoms with Crippen molar-refractivity contribution in [2.24, 2.45) is 11.8 Å². The largest absolute Gasteiger partial charge is 0.481 e. The van der Waals surface area contributed by atoms with Gasteiger partial charge in [0.05, 0.1) is 17.9 Å². The van der Waals surface area contributed by atoms with Gasteiger partial charge in [0, 0.05) is 18.3 Å². The van der Waals surface area contributed by atoms with E-state index in [4.69, 9.17) is 9.84 Å². The van der Waals surface area contributed by atoms with E-state index in [2.05, 4.69) is 10.3 Å². The monoisotopic (exact) mass is 278 g/mol. The number of nitrogens with one attached hydrogen (secondary N) is 1. The van der Waals surface area contributed by atoms with Gasteiger partial charge in [-0.3, -0.25) is 9.59 Å². The molecule has 2 N–H and O–H groups in total. The molecular formula is C14H18N2O4. The summed E-state index contributed by atoms with van der Waals surface area (Å²) in [5.41, 5.74) is 0.780. The van der Waals surface area contributed by atoms with Crippen molar-refractivity contribution in [3.8, 4) is 5.88 Å².